The van der Waals surface area contributed by atoms with Crippen LogP contribution in [0.1, 0.15) is 32.6 Å². The van der Waals surface area contributed by atoms with Crippen LogP contribution in [0, 0.1) is 0 Å². The molecule has 1 aliphatic heterocycles. The molecule has 0 saturated carbocycles. The van der Waals surface area contributed by atoms with Crippen molar-refractivity contribution in [3.05, 3.63) is 11.1 Å². The van der Waals surface area contributed by atoms with E-state index in [0.29, 0.717) is 6.04 Å². The molecule has 5 heteroatoms. The van der Waals surface area contributed by atoms with Crippen LogP contribution in [0.3, 0.4) is 0 Å². The van der Waals surface area contributed by atoms with Crippen LogP contribution in [-0.2, 0) is 11.3 Å². The normalized spacial score (nSPS) is 24.8. The SMILES string of the molecule is CC(C)NCc1cnc(N2CC(C)OC(C)C2)s1. The zero-order chi connectivity index (χ0) is 13.1. The van der Waals surface area contributed by atoms with E-state index in [1.54, 1.807) is 11.3 Å². The highest BCUT2D eigenvalue weighted by molar-refractivity contribution is 7.15. The molecule has 2 heterocycles. The maximum Gasteiger partial charge on any atom is 0.185 e. The molecule has 0 spiro atoms. The number of hydrogen-bond acceptors (Lipinski definition) is 5. The van der Waals surface area contributed by atoms with Crippen molar-refractivity contribution in [3.63, 3.8) is 0 Å². The van der Waals surface area contributed by atoms with Gasteiger partial charge in [-0.05, 0) is 13.8 Å². The Morgan fingerprint density at radius 1 is 1.44 bits per heavy atom. The van der Waals surface area contributed by atoms with Gasteiger partial charge in [0.1, 0.15) is 0 Å². The fourth-order valence-corrected chi connectivity index (χ4v) is 3.04. The first-order valence-electron chi connectivity index (χ1n) is 6.63. The second kappa shape index (κ2) is 5.99. The van der Waals surface area contributed by atoms with E-state index in [0.717, 1.165) is 24.8 Å². The maximum atomic E-state index is 5.75. The largest absolute Gasteiger partial charge is 0.372 e. The molecule has 1 aromatic rings. The summed E-state index contributed by atoms with van der Waals surface area (Å²) in [5.74, 6) is 0. The molecule has 4 nitrogen and oxygen atoms in total. The minimum Gasteiger partial charge on any atom is -0.372 e. The lowest BCUT2D eigenvalue weighted by atomic mass is 10.2. The number of thiazole rings is 1. The van der Waals surface area contributed by atoms with Gasteiger partial charge in [-0.15, -0.1) is 11.3 Å². The third kappa shape index (κ3) is 3.67. The summed E-state index contributed by atoms with van der Waals surface area (Å²) in [6.45, 7) is 11.4. The molecule has 1 aliphatic rings. The van der Waals surface area contributed by atoms with Gasteiger partial charge in [-0.1, -0.05) is 13.8 Å². The number of ether oxygens (including phenoxy) is 1. The van der Waals surface area contributed by atoms with Gasteiger partial charge in [0, 0.05) is 36.8 Å². The van der Waals surface area contributed by atoms with Gasteiger partial charge in [0.25, 0.3) is 0 Å². The van der Waals surface area contributed by atoms with E-state index in [2.05, 4.69) is 42.9 Å². The Labute approximate surface area is 113 Å². The van der Waals surface area contributed by atoms with E-state index >= 15 is 0 Å². The second-order valence-corrected chi connectivity index (χ2v) is 6.40. The van der Waals surface area contributed by atoms with Gasteiger partial charge in [-0.3, -0.25) is 0 Å². The first-order chi connectivity index (χ1) is 8.54. The predicted molar refractivity (Wildman–Crippen MR) is 76.3 cm³/mol. The summed E-state index contributed by atoms with van der Waals surface area (Å²) >= 11 is 1.78. The van der Waals surface area contributed by atoms with Crippen LogP contribution in [0.4, 0.5) is 5.13 Å². The molecule has 0 radical (unpaired) electrons. The fraction of sp³-hybridized carbons (Fsp3) is 0.769. The van der Waals surface area contributed by atoms with Crippen molar-refractivity contribution < 1.29 is 4.74 Å². The smallest absolute Gasteiger partial charge is 0.185 e. The highest BCUT2D eigenvalue weighted by Gasteiger charge is 2.24. The van der Waals surface area contributed by atoms with Gasteiger partial charge in [0.05, 0.1) is 12.2 Å². The van der Waals surface area contributed by atoms with Crippen molar-refractivity contribution >= 4 is 16.5 Å². The van der Waals surface area contributed by atoms with Crippen LogP contribution in [-0.4, -0.2) is 36.3 Å². The van der Waals surface area contributed by atoms with Crippen molar-refractivity contribution in [1.29, 1.82) is 0 Å². The van der Waals surface area contributed by atoms with Crippen LogP contribution < -0.4 is 10.2 Å². The molecule has 102 valence electrons. The molecule has 1 saturated heterocycles. The van der Waals surface area contributed by atoms with Gasteiger partial charge >= 0.3 is 0 Å². The Bertz CT molecular complexity index is 370. The molecule has 2 rings (SSSR count). The monoisotopic (exact) mass is 269 g/mol. The molecule has 2 unspecified atom stereocenters. The van der Waals surface area contributed by atoms with E-state index in [4.69, 9.17) is 4.74 Å². The van der Waals surface area contributed by atoms with Gasteiger partial charge in [0.15, 0.2) is 5.13 Å². The Hall–Kier alpha value is -0.650. The summed E-state index contributed by atoms with van der Waals surface area (Å²) in [4.78, 5) is 8.17. The molecule has 2 atom stereocenters. The van der Waals surface area contributed by atoms with Gasteiger partial charge in [0.2, 0.25) is 0 Å². The van der Waals surface area contributed by atoms with Crippen molar-refractivity contribution in [2.24, 2.45) is 0 Å². The Kier molecular flexibility index (Phi) is 4.59. The second-order valence-electron chi connectivity index (χ2n) is 5.31. The van der Waals surface area contributed by atoms with E-state index in [1.165, 1.54) is 4.88 Å². The number of anilines is 1. The molecular weight excluding hydrogens is 246 g/mol. The number of rotatable bonds is 4. The van der Waals surface area contributed by atoms with Gasteiger partial charge in [-0.25, -0.2) is 4.98 Å². The van der Waals surface area contributed by atoms with Crippen LogP contribution >= 0.6 is 11.3 Å². The number of nitrogens with one attached hydrogen (secondary N) is 1. The summed E-state index contributed by atoms with van der Waals surface area (Å²) in [6, 6.07) is 0.513. The average Bonchev–Trinajstić information content (AvgIpc) is 2.73. The zero-order valence-electron chi connectivity index (χ0n) is 11.6. The molecular formula is C13H23N3OS. The van der Waals surface area contributed by atoms with Crippen LogP contribution in [0.2, 0.25) is 0 Å². The number of morpholine rings is 1. The number of hydrogen-bond donors (Lipinski definition) is 1. The molecule has 1 aromatic heterocycles. The maximum absolute atomic E-state index is 5.75. The predicted octanol–water partition coefficient (Wildman–Crippen LogP) is 2.25. The molecule has 0 aromatic carbocycles. The van der Waals surface area contributed by atoms with Crippen molar-refractivity contribution in [2.45, 2.75) is 52.5 Å². The molecule has 0 bridgehead atoms. The van der Waals surface area contributed by atoms with E-state index in [9.17, 15) is 0 Å². The lowest BCUT2D eigenvalue weighted by Gasteiger charge is -2.35. The summed E-state index contributed by atoms with van der Waals surface area (Å²) in [5.41, 5.74) is 0. The summed E-state index contributed by atoms with van der Waals surface area (Å²) in [5, 5.41) is 4.55. The molecule has 1 N–H and O–H groups in total. The minimum atomic E-state index is 0.287. The van der Waals surface area contributed by atoms with Gasteiger partial charge < -0.3 is 15.0 Å². The van der Waals surface area contributed by atoms with Crippen LogP contribution in [0.5, 0.6) is 0 Å². The van der Waals surface area contributed by atoms with E-state index < -0.39 is 0 Å². The molecule has 0 amide bonds. The van der Waals surface area contributed by atoms with E-state index in [1.807, 2.05) is 6.20 Å². The van der Waals surface area contributed by atoms with Crippen molar-refractivity contribution in [2.75, 3.05) is 18.0 Å². The average molecular weight is 269 g/mol. The molecule has 0 aliphatic carbocycles. The highest BCUT2D eigenvalue weighted by atomic mass is 32.1. The molecule has 18 heavy (non-hydrogen) atoms. The van der Waals surface area contributed by atoms with Crippen molar-refractivity contribution in [3.8, 4) is 0 Å². The Morgan fingerprint density at radius 2 is 2.11 bits per heavy atom. The lowest BCUT2D eigenvalue weighted by molar-refractivity contribution is -0.00522. The first kappa shape index (κ1) is 13.8. The number of nitrogens with zero attached hydrogens (tertiary/aromatic N) is 2. The molecule has 1 fully saturated rings. The van der Waals surface area contributed by atoms with E-state index in [-0.39, 0.29) is 12.2 Å². The summed E-state index contributed by atoms with van der Waals surface area (Å²) in [7, 11) is 0. The Morgan fingerprint density at radius 3 is 2.72 bits per heavy atom. The fourth-order valence-electron chi connectivity index (χ4n) is 2.16. The Balaban J connectivity index is 1.96. The third-order valence-corrected chi connectivity index (χ3v) is 3.97. The minimum absolute atomic E-state index is 0.287. The highest BCUT2D eigenvalue weighted by Crippen LogP contribution is 2.25. The quantitative estimate of drug-likeness (QED) is 0.910. The lowest BCUT2D eigenvalue weighted by Crippen LogP contribution is -2.45. The summed E-state index contributed by atoms with van der Waals surface area (Å²) < 4.78 is 5.75. The number of aromatic nitrogens is 1. The van der Waals surface area contributed by atoms with Gasteiger partial charge in [-0.2, -0.15) is 0 Å². The van der Waals surface area contributed by atoms with Crippen LogP contribution in [0.15, 0.2) is 6.20 Å². The summed E-state index contributed by atoms with van der Waals surface area (Å²) in [6.07, 6.45) is 2.56. The first-order valence-corrected chi connectivity index (χ1v) is 7.44. The van der Waals surface area contributed by atoms with Crippen molar-refractivity contribution in [1.82, 2.24) is 10.3 Å². The third-order valence-electron chi connectivity index (χ3n) is 2.92. The topological polar surface area (TPSA) is 37.4 Å². The standard InChI is InChI=1S/C13H23N3OS/c1-9(2)14-5-12-6-15-13(18-12)16-7-10(3)17-11(4)8-16/h6,9-11,14H,5,7-8H2,1-4H3. The zero-order valence-corrected chi connectivity index (χ0v) is 12.5. The van der Waals surface area contributed by atoms with Crippen LogP contribution in [0.25, 0.3) is 0 Å².